The average Bonchev–Trinajstić information content (AvgIpc) is 2.61. The first kappa shape index (κ1) is 18.3. The molecule has 132 valence electrons. The van der Waals surface area contributed by atoms with Crippen LogP contribution in [0.15, 0.2) is 24.3 Å². The molecular weight excluding hydrogens is 308 g/mol. The van der Waals surface area contributed by atoms with Gasteiger partial charge in [-0.15, -0.1) is 0 Å². The fourth-order valence-corrected chi connectivity index (χ4v) is 2.68. The van der Waals surface area contributed by atoms with Crippen LogP contribution in [0.25, 0.3) is 0 Å². The summed E-state index contributed by atoms with van der Waals surface area (Å²) < 4.78 is 10.4. The minimum Gasteiger partial charge on any atom is -0.497 e. The second-order valence-corrected chi connectivity index (χ2v) is 6.32. The number of morpholine rings is 1. The van der Waals surface area contributed by atoms with Gasteiger partial charge in [0.2, 0.25) is 5.91 Å². The smallest absolute Gasteiger partial charge is 0.251 e. The minimum atomic E-state index is -0.516. The lowest BCUT2D eigenvalue weighted by atomic mass is 10.0. The largest absolute Gasteiger partial charge is 0.497 e. The molecule has 1 aromatic rings. The SMILES string of the molecule is COc1ccc(C(=O)N[C@@H](CC(C)C)C(=O)N2CCOCC2)cc1. The van der Waals surface area contributed by atoms with Crippen LogP contribution in [0.1, 0.15) is 30.6 Å². The van der Waals surface area contributed by atoms with E-state index in [4.69, 9.17) is 9.47 Å². The van der Waals surface area contributed by atoms with Crippen molar-refractivity contribution >= 4 is 11.8 Å². The third-order valence-electron chi connectivity index (χ3n) is 3.99. The number of nitrogens with zero attached hydrogens (tertiary/aromatic N) is 1. The van der Waals surface area contributed by atoms with Gasteiger partial charge in [0.1, 0.15) is 11.8 Å². The number of carbonyl (C=O) groups is 2. The first-order chi connectivity index (χ1) is 11.5. The molecule has 1 fully saturated rings. The molecule has 0 radical (unpaired) electrons. The molecule has 0 unspecified atom stereocenters. The Morgan fingerprint density at radius 2 is 1.83 bits per heavy atom. The molecule has 1 aliphatic rings. The summed E-state index contributed by atoms with van der Waals surface area (Å²) in [6.07, 6.45) is 0.609. The van der Waals surface area contributed by atoms with Gasteiger partial charge in [-0.3, -0.25) is 9.59 Å². The Hall–Kier alpha value is -2.08. The number of ether oxygens (including phenoxy) is 2. The first-order valence-electron chi connectivity index (χ1n) is 8.32. The van der Waals surface area contributed by atoms with Crippen LogP contribution in [0.2, 0.25) is 0 Å². The third kappa shape index (κ3) is 4.96. The average molecular weight is 334 g/mol. The zero-order valence-electron chi connectivity index (χ0n) is 14.6. The zero-order chi connectivity index (χ0) is 17.5. The maximum atomic E-state index is 12.7. The molecule has 6 nitrogen and oxygen atoms in total. The highest BCUT2D eigenvalue weighted by Gasteiger charge is 2.28. The highest BCUT2D eigenvalue weighted by Crippen LogP contribution is 2.13. The van der Waals surface area contributed by atoms with E-state index in [9.17, 15) is 9.59 Å². The Morgan fingerprint density at radius 1 is 1.21 bits per heavy atom. The molecule has 0 saturated carbocycles. The maximum absolute atomic E-state index is 12.7. The molecule has 1 N–H and O–H groups in total. The van der Waals surface area contributed by atoms with Crippen molar-refractivity contribution in [2.24, 2.45) is 5.92 Å². The highest BCUT2D eigenvalue weighted by molar-refractivity contribution is 5.97. The zero-order valence-corrected chi connectivity index (χ0v) is 14.6. The van der Waals surface area contributed by atoms with E-state index in [2.05, 4.69) is 5.32 Å². The van der Waals surface area contributed by atoms with Crippen molar-refractivity contribution in [1.82, 2.24) is 10.2 Å². The molecule has 6 heteroatoms. The lowest BCUT2D eigenvalue weighted by Crippen LogP contribution is -2.52. The topological polar surface area (TPSA) is 67.9 Å². The van der Waals surface area contributed by atoms with Gasteiger partial charge >= 0.3 is 0 Å². The van der Waals surface area contributed by atoms with Gasteiger partial charge in [-0.2, -0.15) is 0 Å². The Balaban J connectivity index is 2.06. The van der Waals surface area contributed by atoms with Crippen molar-refractivity contribution in [3.8, 4) is 5.75 Å². The van der Waals surface area contributed by atoms with Gasteiger partial charge in [-0.05, 0) is 36.6 Å². The van der Waals surface area contributed by atoms with Gasteiger partial charge in [0, 0.05) is 18.7 Å². The number of methoxy groups -OCH3 is 1. The molecule has 2 rings (SSSR count). The van der Waals surface area contributed by atoms with Gasteiger partial charge in [0.15, 0.2) is 0 Å². The molecule has 0 aliphatic carbocycles. The van der Waals surface area contributed by atoms with E-state index in [0.717, 1.165) is 0 Å². The summed E-state index contributed by atoms with van der Waals surface area (Å²) in [7, 11) is 1.58. The lowest BCUT2D eigenvalue weighted by molar-refractivity contribution is -0.137. The molecule has 1 aliphatic heterocycles. The van der Waals surface area contributed by atoms with Crippen LogP contribution < -0.4 is 10.1 Å². The van der Waals surface area contributed by atoms with Gasteiger partial charge in [-0.25, -0.2) is 0 Å². The van der Waals surface area contributed by atoms with Crippen molar-refractivity contribution < 1.29 is 19.1 Å². The van der Waals surface area contributed by atoms with E-state index in [1.807, 2.05) is 13.8 Å². The molecule has 1 saturated heterocycles. The molecule has 1 atom stereocenters. The van der Waals surface area contributed by atoms with Crippen LogP contribution >= 0.6 is 0 Å². The van der Waals surface area contributed by atoms with E-state index in [0.29, 0.717) is 50.0 Å². The second kappa shape index (κ2) is 8.68. The fourth-order valence-electron chi connectivity index (χ4n) is 2.68. The number of benzene rings is 1. The predicted octanol–water partition coefficient (Wildman–Crippen LogP) is 1.70. The summed E-state index contributed by atoms with van der Waals surface area (Å²) in [6, 6.07) is 6.34. The summed E-state index contributed by atoms with van der Waals surface area (Å²) in [6.45, 7) is 6.33. The molecule has 24 heavy (non-hydrogen) atoms. The standard InChI is InChI=1S/C18H26N2O4/c1-13(2)12-16(18(22)20-8-10-24-11-9-20)19-17(21)14-4-6-15(23-3)7-5-14/h4-7,13,16H,8-12H2,1-3H3,(H,19,21)/t16-/m0/s1. The molecular formula is C18H26N2O4. The van der Waals surface area contributed by atoms with Gasteiger partial charge < -0.3 is 19.7 Å². The van der Waals surface area contributed by atoms with Crippen LogP contribution in [0.5, 0.6) is 5.75 Å². The number of rotatable bonds is 6. The van der Waals surface area contributed by atoms with Gasteiger partial charge in [0.05, 0.1) is 20.3 Å². The van der Waals surface area contributed by atoms with Crippen LogP contribution in [0, 0.1) is 5.92 Å². The maximum Gasteiger partial charge on any atom is 0.251 e. The number of carbonyl (C=O) groups excluding carboxylic acids is 2. The van der Waals surface area contributed by atoms with E-state index in [1.54, 1.807) is 36.3 Å². The van der Waals surface area contributed by atoms with E-state index in [-0.39, 0.29) is 11.8 Å². The van der Waals surface area contributed by atoms with E-state index in [1.165, 1.54) is 0 Å². The van der Waals surface area contributed by atoms with Crippen molar-refractivity contribution in [3.63, 3.8) is 0 Å². The van der Waals surface area contributed by atoms with Crippen molar-refractivity contribution in [3.05, 3.63) is 29.8 Å². The molecule has 1 heterocycles. The molecule has 0 aromatic heterocycles. The summed E-state index contributed by atoms with van der Waals surface area (Å²) in [5.74, 6) is 0.713. The Labute approximate surface area is 143 Å². The van der Waals surface area contributed by atoms with Gasteiger partial charge in [0.25, 0.3) is 5.91 Å². The van der Waals surface area contributed by atoms with Crippen molar-refractivity contribution in [1.29, 1.82) is 0 Å². The summed E-state index contributed by atoms with van der Waals surface area (Å²) in [5.41, 5.74) is 0.513. The molecule has 1 aromatic carbocycles. The van der Waals surface area contributed by atoms with Crippen LogP contribution in [0.3, 0.4) is 0 Å². The normalized spacial score (nSPS) is 15.9. The second-order valence-electron chi connectivity index (χ2n) is 6.32. The van der Waals surface area contributed by atoms with Crippen LogP contribution in [-0.4, -0.2) is 56.2 Å². The van der Waals surface area contributed by atoms with Crippen LogP contribution in [-0.2, 0) is 9.53 Å². The number of hydrogen-bond donors (Lipinski definition) is 1. The third-order valence-corrected chi connectivity index (χ3v) is 3.99. The number of amides is 2. The summed E-state index contributed by atoms with van der Waals surface area (Å²) in [5, 5.41) is 2.89. The van der Waals surface area contributed by atoms with Gasteiger partial charge in [-0.1, -0.05) is 13.8 Å². The summed E-state index contributed by atoms with van der Waals surface area (Å²) in [4.78, 5) is 27.0. The van der Waals surface area contributed by atoms with Crippen molar-refractivity contribution in [2.75, 3.05) is 33.4 Å². The highest BCUT2D eigenvalue weighted by atomic mass is 16.5. The fraction of sp³-hybridized carbons (Fsp3) is 0.556. The summed E-state index contributed by atoms with van der Waals surface area (Å²) >= 11 is 0. The predicted molar refractivity (Wildman–Crippen MR) is 91.1 cm³/mol. The monoisotopic (exact) mass is 334 g/mol. The molecule has 2 amide bonds. The Morgan fingerprint density at radius 3 is 2.38 bits per heavy atom. The Bertz CT molecular complexity index is 551. The van der Waals surface area contributed by atoms with Crippen LogP contribution in [0.4, 0.5) is 0 Å². The van der Waals surface area contributed by atoms with E-state index < -0.39 is 6.04 Å². The Kier molecular flexibility index (Phi) is 6.61. The first-order valence-corrected chi connectivity index (χ1v) is 8.32. The minimum absolute atomic E-state index is 0.0335. The number of hydrogen-bond acceptors (Lipinski definition) is 4. The molecule has 0 bridgehead atoms. The van der Waals surface area contributed by atoms with E-state index >= 15 is 0 Å². The molecule has 0 spiro atoms. The quantitative estimate of drug-likeness (QED) is 0.860. The lowest BCUT2D eigenvalue weighted by Gasteiger charge is -2.31. The number of nitrogens with one attached hydrogen (secondary N) is 1. The van der Waals surface area contributed by atoms with Crippen molar-refractivity contribution in [2.45, 2.75) is 26.3 Å².